The maximum atomic E-state index is 8.81. The lowest BCUT2D eigenvalue weighted by Gasteiger charge is -2.13. The first-order valence-corrected chi connectivity index (χ1v) is 6.45. The molecule has 1 unspecified atom stereocenters. The van der Waals surface area contributed by atoms with E-state index in [1.54, 1.807) is 0 Å². The van der Waals surface area contributed by atoms with Crippen LogP contribution in [0.15, 0.2) is 18.5 Å². The number of hydrogen-bond acceptors (Lipinski definition) is 2. The van der Waals surface area contributed by atoms with Gasteiger partial charge < -0.3 is 9.88 Å². The third kappa shape index (κ3) is 2.89. The van der Waals surface area contributed by atoms with E-state index in [2.05, 4.69) is 48.3 Å². The van der Waals surface area contributed by atoms with Gasteiger partial charge in [0.15, 0.2) is 0 Å². The minimum absolute atomic E-state index is 0.284. The zero-order valence-electron chi connectivity index (χ0n) is 10.7. The normalized spacial score (nSPS) is 18.6. The molecular formula is C14H21N3. The topological polar surface area (TPSA) is 40.8 Å². The van der Waals surface area contributed by atoms with Crippen molar-refractivity contribution in [2.45, 2.75) is 45.7 Å². The van der Waals surface area contributed by atoms with Crippen LogP contribution >= 0.6 is 0 Å². The monoisotopic (exact) mass is 231 g/mol. The average molecular weight is 231 g/mol. The summed E-state index contributed by atoms with van der Waals surface area (Å²) in [4.78, 5) is 0. The summed E-state index contributed by atoms with van der Waals surface area (Å²) in [7, 11) is 0. The first-order valence-electron chi connectivity index (χ1n) is 6.45. The van der Waals surface area contributed by atoms with Crippen LogP contribution in [0.3, 0.4) is 0 Å². The Kier molecular flexibility index (Phi) is 3.54. The Bertz CT molecular complexity index is 409. The van der Waals surface area contributed by atoms with Crippen molar-refractivity contribution in [2.24, 2.45) is 5.41 Å². The van der Waals surface area contributed by atoms with E-state index in [1.165, 1.54) is 18.4 Å². The van der Waals surface area contributed by atoms with Gasteiger partial charge in [-0.15, -0.1) is 0 Å². The quantitative estimate of drug-likeness (QED) is 0.818. The van der Waals surface area contributed by atoms with Gasteiger partial charge in [-0.05, 0) is 37.9 Å². The van der Waals surface area contributed by atoms with E-state index in [9.17, 15) is 0 Å². The molecule has 0 spiro atoms. The fraction of sp³-hybridized carbons (Fsp3) is 0.643. The molecule has 92 valence electrons. The van der Waals surface area contributed by atoms with Crippen LogP contribution in [-0.4, -0.2) is 11.1 Å². The maximum absolute atomic E-state index is 8.81. The van der Waals surface area contributed by atoms with Crippen LogP contribution < -0.4 is 5.32 Å². The molecular weight excluding hydrogens is 210 g/mol. The molecule has 0 radical (unpaired) electrons. The highest BCUT2D eigenvalue weighted by Gasteiger charge is 2.42. The van der Waals surface area contributed by atoms with Crippen molar-refractivity contribution in [3.8, 4) is 6.07 Å². The van der Waals surface area contributed by atoms with Crippen molar-refractivity contribution in [1.29, 1.82) is 5.26 Å². The van der Waals surface area contributed by atoms with Crippen LogP contribution in [0.2, 0.25) is 0 Å². The first-order chi connectivity index (χ1) is 8.19. The highest BCUT2D eigenvalue weighted by atomic mass is 15.0. The van der Waals surface area contributed by atoms with Crippen molar-refractivity contribution in [3.05, 3.63) is 24.0 Å². The standard InChI is InChI=1S/C14H21N3/c1-3-16-12(2)13-4-9-17(10-13)11-14(5-6-14)7-8-15/h4,9-10,12,16H,3,5-7,11H2,1-2H3. The third-order valence-corrected chi connectivity index (χ3v) is 3.71. The van der Waals surface area contributed by atoms with Crippen molar-refractivity contribution in [2.75, 3.05) is 6.54 Å². The molecule has 1 aliphatic carbocycles. The lowest BCUT2D eigenvalue weighted by Crippen LogP contribution is -2.17. The van der Waals surface area contributed by atoms with E-state index in [-0.39, 0.29) is 5.41 Å². The average Bonchev–Trinajstić information content (AvgIpc) is 2.89. The van der Waals surface area contributed by atoms with Gasteiger partial charge in [-0.25, -0.2) is 0 Å². The Hall–Kier alpha value is -1.27. The smallest absolute Gasteiger partial charge is 0.0628 e. The molecule has 1 aromatic heterocycles. The molecule has 1 saturated carbocycles. The van der Waals surface area contributed by atoms with E-state index < -0.39 is 0 Å². The van der Waals surface area contributed by atoms with Gasteiger partial charge in [0.25, 0.3) is 0 Å². The molecule has 1 atom stereocenters. The zero-order valence-corrected chi connectivity index (χ0v) is 10.7. The van der Waals surface area contributed by atoms with Gasteiger partial charge in [0.05, 0.1) is 6.07 Å². The molecule has 17 heavy (non-hydrogen) atoms. The highest BCUT2D eigenvalue weighted by molar-refractivity contribution is 5.15. The summed E-state index contributed by atoms with van der Waals surface area (Å²) in [5.41, 5.74) is 1.62. The van der Waals surface area contributed by atoms with E-state index in [0.29, 0.717) is 12.5 Å². The SMILES string of the molecule is CCNC(C)c1ccn(CC2(CC#N)CC2)c1. The second-order valence-corrected chi connectivity index (χ2v) is 5.23. The summed E-state index contributed by atoms with van der Waals surface area (Å²) in [5.74, 6) is 0. The van der Waals surface area contributed by atoms with E-state index in [4.69, 9.17) is 5.26 Å². The molecule has 0 amide bonds. The highest BCUT2D eigenvalue weighted by Crippen LogP contribution is 2.50. The summed E-state index contributed by atoms with van der Waals surface area (Å²) in [5, 5.41) is 12.2. The first kappa shape index (κ1) is 12.2. The van der Waals surface area contributed by atoms with Gasteiger partial charge in [-0.1, -0.05) is 6.92 Å². The zero-order chi connectivity index (χ0) is 12.3. The largest absolute Gasteiger partial charge is 0.353 e. The van der Waals surface area contributed by atoms with Crippen LogP contribution in [0.4, 0.5) is 0 Å². The Balaban J connectivity index is 1.97. The maximum Gasteiger partial charge on any atom is 0.0628 e. The van der Waals surface area contributed by atoms with E-state index in [0.717, 1.165) is 13.1 Å². The Labute approximate surface area is 103 Å². The molecule has 0 saturated heterocycles. The van der Waals surface area contributed by atoms with Crippen LogP contribution in [0.1, 0.15) is 44.7 Å². The molecule has 0 aromatic carbocycles. The number of hydrogen-bond donors (Lipinski definition) is 1. The second-order valence-electron chi connectivity index (χ2n) is 5.23. The third-order valence-electron chi connectivity index (χ3n) is 3.71. The van der Waals surface area contributed by atoms with Gasteiger partial charge >= 0.3 is 0 Å². The lowest BCUT2D eigenvalue weighted by molar-refractivity contribution is 0.431. The second kappa shape index (κ2) is 4.93. The Morgan fingerprint density at radius 3 is 2.94 bits per heavy atom. The molecule has 1 N–H and O–H groups in total. The van der Waals surface area contributed by atoms with Crippen molar-refractivity contribution in [1.82, 2.24) is 9.88 Å². The Morgan fingerprint density at radius 2 is 2.35 bits per heavy atom. The van der Waals surface area contributed by atoms with Gasteiger partial charge in [-0.2, -0.15) is 5.26 Å². The van der Waals surface area contributed by atoms with E-state index in [1.807, 2.05) is 0 Å². The number of aromatic nitrogens is 1. The minimum atomic E-state index is 0.284. The molecule has 1 heterocycles. The van der Waals surface area contributed by atoms with Gasteiger partial charge in [0, 0.05) is 36.8 Å². The molecule has 1 aliphatic rings. The minimum Gasteiger partial charge on any atom is -0.353 e. The van der Waals surface area contributed by atoms with Crippen molar-refractivity contribution >= 4 is 0 Å². The molecule has 1 aromatic rings. The van der Waals surface area contributed by atoms with Crippen LogP contribution in [0.25, 0.3) is 0 Å². The molecule has 0 aliphatic heterocycles. The molecule has 1 fully saturated rings. The van der Waals surface area contributed by atoms with Gasteiger partial charge in [0.2, 0.25) is 0 Å². The van der Waals surface area contributed by atoms with Crippen molar-refractivity contribution < 1.29 is 0 Å². The van der Waals surface area contributed by atoms with E-state index >= 15 is 0 Å². The molecule has 0 bridgehead atoms. The Morgan fingerprint density at radius 1 is 1.59 bits per heavy atom. The number of rotatable bonds is 6. The fourth-order valence-electron chi connectivity index (χ4n) is 2.36. The molecule has 3 heteroatoms. The lowest BCUT2D eigenvalue weighted by atomic mass is 10.0. The predicted molar refractivity (Wildman–Crippen MR) is 68.4 cm³/mol. The summed E-state index contributed by atoms with van der Waals surface area (Å²) >= 11 is 0. The fourth-order valence-corrected chi connectivity index (χ4v) is 2.36. The molecule has 2 rings (SSSR count). The summed E-state index contributed by atoms with van der Waals surface area (Å²) in [6, 6.07) is 4.90. The number of nitriles is 1. The number of nitrogens with zero attached hydrogens (tertiary/aromatic N) is 2. The predicted octanol–water partition coefficient (Wildman–Crippen LogP) is 2.85. The van der Waals surface area contributed by atoms with Crippen LogP contribution in [0, 0.1) is 16.7 Å². The number of nitrogens with one attached hydrogen (secondary N) is 1. The van der Waals surface area contributed by atoms with Crippen molar-refractivity contribution in [3.63, 3.8) is 0 Å². The van der Waals surface area contributed by atoms with Crippen LogP contribution in [-0.2, 0) is 6.54 Å². The summed E-state index contributed by atoms with van der Waals surface area (Å²) in [6.45, 7) is 6.30. The van der Waals surface area contributed by atoms with Crippen LogP contribution in [0.5, 0.6) is 0 Å². The summed E-state index contributed by atoms with van der Waals surface area (Å²) in [6.07, 6.45) is 7.46. The van der Waals surface area contributed by atoms with Gasteiger partial charge in [0.1, 0.15) is 0 Å². The summed E-state index contributed by atoms with van der Waals surface area (Å²) < 4.78 is 2.24. The molecule has 3 nitrogen and oxygen atoms in total. The van der Waals surface area contributed by atoms with Gasteiger partial charge in [-0.3, -0.25) is 0 Å².